The molecule has 0 atom stereocenters. The van der Waals surface area contributed by atoms with Crippen molar-refractivity contribution in [2.45, 2.75) is 6.54 Å². The molecule has 7 heteroatoms. The lowest BCUT2D eigenvalue weighted by molar-refractivity contribution is 0.102. The van der Waals surface area contributed by atoms with Crippen LogP contribution in [0.15, 0.2) is 67.0 Å². The summed E-state index contributed by atoms with van der Waals surface area (Å²) in [6.45, 7) is 0.657. The molecule has 0 spiro atoms. The zero-order valence-corrected chi connectivity index (χ0v) is 15.9. The van der Waals surface area contributed by atoms with Gasteiger partial charge in [0.1, 0.15) is 5.69 Å². The summed E-state index contributed by atoms with van der Waals surface area (Å²) in [6.07, 6.45) is 3.45. The number of benzene rings is 2. The minimum absolute atomic E-state index is 0.274. The minimum Gasteiger partial charge on any atom is -0.320 e. The second kappa shape index (κ2) is 7.80. The van der Waals surface area contributed by atoms with E-state index >= 15 is 0 Å². The van der Waals surface area contributed by atoms with Gasteiger partial charge in [0, 0.05) is 29.0 Å². The Balaban J connectivity index is 1.68. The Kier molecular flexibility index (Phi) is 5.06. The Bertz CT molecular complexity index is 1150. The fourth-order valence-corrected chi connectivity index (χ4v) is 3.22. The van der Waals surface area contributed by atoms with E-state index in [1.807, 2.05) is 55.6 Å². The van der Waals surface area contributed by atoms with Crippen LogP contribution in [0.4, 0.5) is 5.69 Å². The Morgan fingerprint density at radius 2 is 2.00 bits per heavy atom. The Morgan fingerprint density at radius 3 is 2.82 bits per heavy atom. The van der Waals surface area contributed by atoms with Crippen molar-refractivity contribution in [3.8, 4) is 11.1 Å². The Labute approximate surface area is 167 Å². The Hall–Kier alpha value is -3.22. The molecule has 28 heavy (non-hydrogen) atoms. The van der Waals surface area contributed by atoms with Crippen LogP contribution < -0.4 is 10.6 Å². The average molecular weight is 392 g/mol. The number of nitrogens with zero attached hydrogens (tertiary/aromatic N) is 3. The van der Waals surface area contributed by atoms with Gasteiger partial charge in [-0.25, -0.2) is 9.50 Å². The third-order valence-corrected chi connectivity index (χ3v) is 4.61. The highest BCUT2D eigenvalue weighted by Gasteiger charge is 2.14. The molecule has 0 aliphatic rings. The molecular weight excluding hydrogens is 374 g/mol. The predicted octanol–water partition coefficient (Wildman–Crippen LogP) is 4.02. The summed E-state index contributed by atoms with van der Waals surface area (Å²) in [5.41, 5.74) is 4.38. The molecule has 0 unspecified atom stereocenters. The number of aromatic nitrogens is 3. The molecule has 2 aromatic carbocycles. The van der Waals surface area contributed by atoms with Gasteiger partial charge < -0.3 is 10.6 Å². The summed E-state index contributed by atoms with van der Waals surface area (Å²) in [5, 5.41) is 11.0. The van der Waals surface area contributed by atoms with Crippen LogP contribution in [0, 0.1) is 0 Å². The van der Waals surface area contributed by atoms with Crippen LogP contribution in [0.5, 0.6) is 0 Å². The van der Waals surface area contributed by atoms with Gasteiger partial charge >= 0.3 is 0 Å². The maximum Gasteiger partial charge on any atom is 0.274 e. The van der Waals surface area contributed by atoms with E-state index in [1.165, 1.54) is 0 Å². The lowest BCUT2D eigenvalue weighted by Gasteiger charge is -2.10. The highest BCUT2D eigenvalue weighted by Crippen LogP contribution is 2.26. The molecule has 4 aromatic rings. The van der Waals surface area contributed by atoms with Gasteiger partial charge in [-0.1, -0.05) is 41.9 Å². The van der Waals surface area contributed by atoms with E-state index in [2.05, 4.69) is 20.7 Å². The number of para-hydroxylation sites is 1. The van der Waals surface area contributed by atoms with Gasteiger partial charge in [0.05, 0.1) is 6.20 Å². The van der Waals surface area contributed by atoms with E-state index < -0.39 is 0 Å². The molecule has 0 aliphatic heterocycles. The van der Waals surface area contributed by atoms with E-state index in [-0.39, 0.29) is 5.91 Å². The first kappa shape index (κ1) is 18.2. The summed E-state index contributed by atoms with van der Waals surface area (Å²) in [6, 6.07) is 16.8. The molecule has 2 heterocycles. The standard InChI is InChI=1S/C21H18ClN5O/c1-23-12-15-5-2-3-8-18(15)26-21(28)19-9-10-27-20(25-19)17(13-24-27)14-6-4-7-16(22)11-14/h2-11,13,23H,12H2,1H3,(H,26,28). The predicted molar refractivity (Wildman–Crippen MR) is 111 cm³/mol. The molecule has 2 aromatic heterocycles. The molecule has 6 nitrogen and oxygen atoms in total. The lowest BCUT2D eigenvalue weighted by Crippen LogP contribution is -2.17. The van der Waals surface area contributed by atoms with E-state index in [1.54, 1.807) is 23.0 Å². The van der Waals surface area contributed by atoms with Crippen LogP contribution in [-0.2, 0) is 6.54 Å². The van der Waals surface area contributed by atoms with Gasteiger partial charge in [-0.05, 0) is 42.4 Å². The monoisotopic (exact) mass is 391 g/mol. The maximum atomic E-state index is 12.8. The Morgan fingerprint density at radius 1 is 1.14 bits per heavy atom. The molecule has 4 rings (SSSR count). The number of carbonyl (C=O) groups is 1. The van der Waals surface area contributed by atoms with Gasteiger partial charge in [0.25, 0.3) is 5.91 Å². The number of rotatable bonds is 5. The maximum absolute atomic E-state index is 12.8. The van der Waals surface area contributed by atoms with Gasteiger partial charge in [-0.15, -0.1) is 0 Å². The number of halogens is 1. The summed E-state index contributed by atoms with van der Waals surface area (Å²) in [7, 11) is 1.87. The molecule has 140 valence electrons. The van der Waals surface area contributed by atoms with E-state index in [4.69, 9.17) is 11.6 Å². The average Bonchev–Trinajstić information content (AvgIpc) is 3.13. The largest absolute Gasteiger partial charge is 0.320 e. The molecule has 0 saturated heterocycles. The van der Waals surface area contributed by atoms with Crippen LogP contribution in [0.1, 0.15) is 16.1 Å². The minimum atomic E-state index is -0.274. The molecule has 2 N–H and O–H groups in total. The quantitative estimate of drug-likeness (QED) is 0.539. The number of carbonyl (C=O) groups excluding carboxylic acids is 1. The molecule has 0 saturated carbocycles. The number of amides is 1. The summed E-state index contributed by atoms with van der Waals surface area (Å²) in [4.78, 5) is 17.3. The van der Waals surface area contributed by atoms with Crippen molar-refractivity contribution in [3.63, 3.8) is 0 Å². The van der Waals surface area contributed by atoms with Crippen molar-refractivity contribution < 1.29 is 4.79 Å². The van der Waals surface area contributed by atoms with Crippen LogP contribution in [0.2, 0.25) is 5.02 Å². The zero-order valence-electron chi connectivity index (χ0n) is 15.2. The van der Waals surface area contributed by atoms with Crippen LogP contribution in [-0.4, -0.2) is 27.6 Å². The van der Waals surface area contributed by atoms with Crippen LogP contribution >= 0.6 is 11.6 Å². The number of nitrogens with one attached hydrogen (secondary N) is 2. The smallest absolute Gasteiger partial charge is 0.274 e. The molecule has 0 radical (unpaired) electrons. The molecule has 0 aliphatic carbocycles. The first-order valence-corrected chi connectivity index (χ1v) is 9.17. The van der Waals surface area contributed by atoms with Gasteiger partial charge in [0.2, 0.25) is 0 Å². The van der Waals surface area contributed by atoms with Crippen LogP contribution in [0.25, 0.3) is 16.8 Å². The van der Waals surface area contributed by atoms with Crippen molar-refractivity contribution >= 4 is 28.8 Å². The van der Waals surface area contributed by atoms with Crippen molar-refractivity contribution in [2.24, 2.45) is 0 Å². The van der Waals surface area contributed by atoms with Crippen molar-refractivity contribution in [1.82, 2.24) is 19.9 Å². The first-order chi connectivity index (χ1) is 13.7. The number of anilines is 1. The number of fused-ring (bicyclic) bond motifs is 1. The van der Waals surface area contributed by atoms with E-state index in [9.17, 15) is 4.79 Å². The fraction of sp³-hybridized carbons (Fsp3) is 0.0952. The highest BCUT2D eigenvalue weighted by molar-refractivity contribution is 6.30. The topological polar surface area (TPSA) is 71.3 Å². The fourth-order valence-electron chi connectivity index (χ4n) is 3.03. The van der Waals surface area contributed by atoms with E-state index in [0.717, 1.165) is 22.4 Å². The molecule has 1 amide bonds. The molecule has 0 bridgehead atoms. The zero-order chi connectivity index (χ0) is 19.5. The molecular formula is C21H18ClN5O. The summed E-state index contributed by atoms with van der Waals surface area (Å²) < 4.78 is 1.64. The van der Waals surface area contributed by atoms with Gasteiger partial charge in [0.15, 0.2) is 5.65 Å². The van der Waals surface area contributed by atoms with Gasteiger partial charge in [-0.2, -0.15) is 5.10 Å². The third kappa shape index (κ3) is 3.60. The highest BCUT2D eigenvalue weighted by atomic mass is 35.5. The third-order valence-electron chi connectivity index (χ3n) is 4.37. The van der Waals surface area contributed by atoms with Crippen molar-refractivity contribution in [2.75, 3.05) is 12.4 Å². The van der Waals surface area contributed by atoms with Crippen molar-refractivity contribution in [1.29, 1.82) is 0 Å². The number of hydrogen-bond donors (Lipinski definition) is 2. The van der Waals surface area contributed by atoms with Crippen molar-refractivity contribution in [3.05, 3.63) is 83.3 Å². The normalized spacial score (nSPS) is 10.9. The SMILES string of the molecule is CNCc1ccccc1NC(=O)c1ccn2ncc(-c3cccc(Cl)c3)c2n1. The summed E-state index contributed by atoms with van der Waals surface area (Å²) >= 11 is 6.11. The second-order valence-corrected chi connectivity index (χ2v) is 6.73. The lowest BCUT2D eigenvalue weighted by atomic mass is 10.1. The second-order valence-electron chi connectivity index (χ2n) is 6.29. The summed E-state index contributed by atoms with van der Waals surface area (Å²) in [5.74, 6) is -0.274. The van der Waals surface area contributed by atoms with Gasteiger partial charge in [-0.3, -0.25) is 4.79 Å². The van der Waals surface area contributed by atoms with E-state index in [0.29, 0.717) is 22.9 Å². The van der Waals surface area contributed by atoms with Crippen LogP contribution in [0.3, 0.4) is 0 Å². The molecule has 0 fully saturated rings. The number of hydrogen-bond acceptors (Lipinski definition) is 4. The first-order valence-electron chi connectivity index (χ1n) is 8.80.